The number of carbonyl (C=O) groups excluding carboxylic acids is 1. The van der Waals surface area contributed by atoms with Crippen LogP contribution in [0.25, 0.3) is 0 Å². The van der Waals surface area contributed by atoms with E-state index in [1.807, 2.05) is 24.3 Å². The second-order valence-corrected chi connectivity index (χ2v) is 9.42. The number of sulfonamides is 1. The molecule has 0 N–H and O–H groups in total. The monoisotopic (exact) mass is 430 g/mol. The minimum Gasteiger partial charge on any atom is -0.497 e. The SMILES string of the molecule is COC(=O)c1sc(Cl)cc1S(=O)(=O)N1CCN(c2cccc(OC)c2)CC1. The molecule has 0 atom stereocenters. The quantitative estimate of drug-likeness (QED) is 0.679. The fourth-order valence-electron chi connectivity index (χ4n) is 2.91. The summed E-state index contributed by atoms with van der Waals surface area (Å²) in [6.45, 7) is 1.65. The van der Waals surface area contributed by atoms with Gasteiger partial charge in [0.15, 0.2) is 0 Å². The summed E-state index contributed by atoms with van der Waals surface area (Å²) >= 11 is 6.85. The van der Waals surface area contributed by atoms with Crippen molar-refractivity contribution in [2.45, 2.75) is 4.90 Å². The molecule has 0 spiro atoms. The Hall–Kier alpha value is -1.81. The van der Waals surface area contributed by atoms with Gasteiger partial charge in [-0.05, 0) is 18.2 Å². The molecule has 0 bridgehead atoms. The van der Waals surface area contributed by atoms with Crippen molar-refractivity contribution in [1.29, 1.82) is 0 Å². The Morgan fingerprint density at radius 3 is 2.48 bits per heavy atom. The lowest BCUT2D eigenvalue weighted by molar-refractivity contribution is 0.0602. The van der Waals surface area contributed by atoms with Gasteiger partial charge in [0, 0.05) is 37.9 Å². The molecule has 7 nitrogen and oxygen atoms in total. The largest absolute Gasteiger partial charge is 0.497 e. The van der Waals surface area contributed by atoms with Gasteiger partial charge in [0.2, 0.25) is 10.0 Å². The summed E-state index contributed by atoms with van der Waals surface area (Å²) in [5.41, 5.74) is 0.972. The van der Waals surface area contributed by atoms with Crippen molar-refractivity contribution in [3.8, 4) is 5.75 Å². The van der Waals surface area contributed by atoms with Crippen LogP contribution in [0, 0.1) is 0 Å². The molecule has 0 radical (unpaired) electrons. The molecule has 1 aromatic heterocycles. The summed E-state index contributed by atoms with van der Waals surface area (Å²) in [5.74, 6) is 0.0404. The Morgan fingerprint density at radius 2 is 1.85 bits per heavy atom. The third kappa shape index (κ3) is 4.06. The number of anilines is 1. The zero-order valence-electron chi connectivity index (χ0n) is 14.8. The molecule has 0 unspecified atom stereocenters. The molecule has 1 saturated heterocycles. The first kappa shape index (κ1) is 19.9. The van der Waals surface area contributed by atoms with Gasteiger partial charge in [0.05, 0.1) is 18.6 Å². The highest BCUT2D eigenvalue weighted by Gasteiger charge is 2.34. The lowest BCUT2D eigenvalue weighted by atomic mass is 10.2. The summed E-state index contributed by atoms with van der Waals surface area (Å²) in [6, 6.07) is 8.94. The van der Waals surface area contributed by atoms with Gasteiger partial charge in [0.25, 0.3) is 0 Å². The fourth-order valence-corrected chi connectivity index (χ4v) is 6.03. The van der Waals surface area contributed by atoms with Crippen LogP contribution in [-0.4, -0.2) is 59.1 Å². The number of esters is 1. The van der Waals surface area contributed by atoms with Crippen LogP contribution in [0.15, 0.2) is 35.2 Å². The van der Waals surface area contributed by atoms with Crippen LogP contribution in [0.4, 0.5) is 5.69 Å². The minimum absolute atomic E-state index is 0.00211. The highest BCUT2D eigenvalue weighted by atomic mass is 35.5. The van der Waals surface area contributed by atoms with Gasteiger partial charge in [0.1, 0.15) is 15.5 Å². The van der Waals surface area contributed by atoms with Crippen LogP contribution in [0.5, 0.6) is 5.75 Å². The van der Waals surface area contributed by atoms with Crippen molar-refractivity contribution >= 4 is 44.6 Å². The number of hydrogen-bond acceptors (Lipinski definition) is 7. The minimum atomic E-state index is -3.84. The highest BCUT2D eigenvalue weighted by Crippen LogP contribution is 2.33. The number of thiophene rings is 1. The van der Waals surface area contributed by atoms with Crippen LogP contribution < -0.4 is 9.64 Å². The summed E-state index contributed by atoms with van der Waals surface area (Å²) < 4.78 is 37.5. The third-order valence-electron chi connectivity index (χ3n) is 4.31. The molecule has 2 aromatic rings. The maximum absolute atomic E-state index is 13.0. The summed E-state index contributed by atoms with van der Waals surface area (Å²) in [7, 11) is -1.03. The second-order valence-electron chi connectivity index (χ2n) is 5.83. The van der Waals surface area contributed by atoms with Crippen molar-refractivity contribution in [3.63, 3.8) is 0 Å². The lowest BCUT2D eigenvalue weighted by Gasteiger charge is -2.35. The van der Waals surface area contributed by atoms with Gasteiger partial charge in [-0.25, -0.2) is 13.2 Å². The van der Waals surface area contributed by atoms with Crippen LogP contribution in [0.3, 0.4) is 0 Å². The fraction of sp³-hybridized carbons (Fsp3) is 0.353. The zero-order chi connectivity index (χ0) is 19.6. The summed E-state index contributed by atoms with van der Waals surface area (Å²) in [5, 5.41) is 0. The highest BCUT2D eigenvalue weighted by molar-refractivity contribution is 7.89. The average Bonchev–Trinajstić information content (AvgIpc) is 3.10. The molecular formula is C17H19ClN2O5S2. The molecule has 0 amide bonds. The number of methoxy groups -OCH3 is 2. The Balaban J connectivity index is 1.78. The van der Waals surface area contributed by atoms with Gasteiger partial charge in [-0.1, -0.05) is 17.7 Å². The molecule has 3 rings (SSSR count). The number of carbonyl (C=O) groups is 1. The van der Waals surface area contributed by atoms with E-state index in [-0.39, 0.29) is 14.1 Å². The van der Waals surface area contributed by atoms with Gasteiger partial charge in [-0.15, -0.1) is 11.3 Å². The van der Waals surface area contributed by atoms with E-state index in [0.717, 1.165) is 22.8 Å². The Kier molecular flexibility index (Phi) is 5.95. The Labute approximate surface area is 167 Å². The standard InChI is InChI=1S/C17H19ClN2O5S2/c1-24-13-5-3-4-12(10-13)19-6-8-20(9-7-19)27(22,23)14-11-15(18)26-16(14)17(21)25-2/h3-5,10-11H,6-9H2,1-2H3. The molecule has 1 aromatic carbocycles. The Morgan fingerprint density at radius 1 is 1.15 bits per heavy atom. The van der Waals surface area contributed by atoms with Crippen molar-refractivity contribution < 1.29 is 22.7 Å². The first-order valence-electron chi connectivity index (χ1n) is 8.13. The van der Waals surface area contributed by atoms with Crippen molar-refractivity contribution in [2.75, 3.05) is 45.3 Å². The number of rotatable bonds is 5. The molecule has 2 heterocycles. The van der Waals surface area contributed by atoms with Crippen molar-refractivity contribution in [1.82, 2.24) is 4.31 Å². The van der Waals surface area contributed by atoms with E-state index in [4.69, 9.17) is 16.3 Å². The number of ether oxygens (including phenoxy) is 2. The number of benzene rings is 1. The molecule has 1 aliphatic heterocycles. The first-order valence-corrected chi connectivity index (χ1v) is 10.8. The smallest absolute Gasteiger partial charge is 0.349 e. The molecule has 27 heavy (non-hydrogen) atoms. The number of piperazine rings is 1. The molecule has 146 valence electrons. The Bertz CT molecular complexity index is 937. The van der Waals surface area contributed by atoms with Gasteiger partial charge in [-0.2, -0.15) is 4.31 Å². The molecule has 1 aliphatic rings. The summed E-state index contributed by atoms with van der Waals surface area (Å²) in [4.78, 5) is 13.9. The van der Waals surface area contributed by atoms with Crippen molar-refractivity contribution in [2.24, 2.45) is 0 Å². The van der Waals surface area contributed by atoms with Crippen LogP contribution in [0.1, 0.15) is 9.67 Å². The van der Waals surface area contributed by atoms with Gasteiger partial charge < -0.3 is 14.4 Å². The summed E-state index contributed by atoms with van der Waals surface area (Å²) in [6.07, 6.45) is 0. The van der Waals surface area contributed by atoms with E-state index in [9.17, 15) is 13.2 Å². The van der Waals surface area contributed by atoms with E-state index in [2.05, 4.69) is 9.64 Å². The van der Waals surface area contributed by atoms with E-state index in [0.29, 0.717) is 26.2 Å². The number of hydrogen-bond donors (Lipinski definition) is 0. The van der Waals surface area contributed by atoms with Crippen LogP contribution in [-0.2, 0) is 14.8 Å². The molecule has 10 heteroatoms. The third-order valence-corrected chi connectivity index (χ3v) is 7.61. The second kappa shape index (κ2) is 8.05. The van der Waals surface area contributed by atoms with E-state index >= 15 is 0 Å². The van der Waals surface area contributed by atoms with E-state index in [1.54, 1.807) is 7.11 Å². The lowest BCUT2D eigenvalue weighted by Crippen LogP contribution is -2.48. The topological polar surface area (TPSA) is 76.2 Å². The predicted octanol–water partition coefficient (Wildman–Crippen LogP) is 2.71. The number of halogens is 1. The predicted molar refractivity (Wildman–Crippen MR) is 105 cm³/mol. The van der Waals surface area contributed by atoms with E-state index < -0.39 is 16.0 Å². The normalized spacial score (nSPS) is 15.6. The van der Waals surface area contributed by atoms with E-state index in [1.165, 1.54) is 17.5 Å². The average molecular weight is 431 g/mol. The van der Waals surface area contributed by atoms with Crippen LogP contribution in [0.2, 0.25) is 4.34 Å². The molecule has 0 aliphatic carbocycles. The maximum Gasteiger partial charge on any atom is 0.349 e. The van der Waals surface area contributed by atoms with Gasteiger partial charge >= 0.3 is 5.97 Å². The molecule has 0 saturated carbocycles. The van der Waals surface area contributed by atoms with Crippen LogP contribution >= 0.6 is 22.9 Å². The molecular weight excluding hydrogens is 412 g/mol. The number of nitrogens with zero attached hydrogens (tertiary/aromatic N) is 2. The van der Waals surface area contributed by atoms with Gasteiger partial charge in [-0.3, -0.25) is 0 Å². The van der Waals surface area contributed by atoms with Crippen molar-refractivity contribution in [3.05, 3.63) is 39.5 Å². The zero-order valence-corrected chi connectivity index (χ0v) is 17.2. The first-order chi connectivity index (χ1) is 12.9. The molecule has 1 fully saturated rings. The maximum atomic E-state index is 13.0.